The third-order valence-corrected chi connectivity index (χ3v) is 4.51. The molecule has 1 aromatic carbocycles. The lowest BCUT2D eigenvalue weighted by molar-refractivity contribution is -0.137. The van der Waals surface area contributed by atoms with Crippen molar-refractivity contribution in [2.24, 2.45) is 0 Å². The smallest absolute Gasteiger partial charge is 0.325 e. The molecule has 126 valence electrons. The summed E-state index contributed by atoms with van der Waals surface area (Å²) in [5.74, 6) is -0.268. The maximum absolute atomic E-state index is 12.7. The number of halogens is 3. The highest BCUT2D eigenvalue weighted by Gasteiger charge is 2.32. The molecule has 2 heterocycles. The van der Waals surface area contributed by atoms with E-state index in [2.05, 4.69) is 15.1 Å². The van der Waals surface area contributed by atoms with Crippen LogP contribution in [0.2, 0.25) is 0 Å². The molecule has 0 radical (unpaired) electrons. The van der Waals surface area contributed by atoms with E-state index in [0.717, 1.165) is 44.7 Å². The first kappa shape index (κ1) is 16.3. The van der Waals surface area contributed by atoms with Crippen molar-refractivity contribution < 1.29 is 18.0 Å². The number of hydrogen-bond donors (Lipinski definition) is 1. The number of carbonyl (C=O) groups is 1. The van der Waals surface area contributed by atoms with Gasteiger partial charge in [-0.3, -0.25) is 14.6 Å². The molecule has 0 bridgehead atoms. The van der Waals surface area contributed by atoms with Gasteiger partial charge in [-0.05, 0) is 37.6 Å². The van der Waals surface area contributed by atoms with Gasteiger partial charge in [0.15, 0.2) is 0 Å². The lowest BCUT2D eigenvalue weighted by Crippen LogP contribution is -2.51. The third-order valence-electron chi connectivity index (χ3n) is 4.51. The number of fused-ring (bicyclic) bond motifs is 1. The Labute approximate surface area is 133 Å². The van der Waals surface area contributed by atoms with Crippen molar-refractivity contribution in [1.82, 2.24) is 9.80 Å². The molecule has 7 heteroatoms. The Morgan fingerprint density at radius 2 is 2.09 bits per heavy atom. The molecule has 1 N–H and O–H groups in total. The highest BCUT2D eigenvalue weighted by molar-refractivity contribution is 5.92. The molecule has 2 aliphatic rings. The summed E-state index contributed by atoms with van der Waals surface area (Å²) in [6, 6.07) is 5.25. The number of nitrogens with zero attached hydrogens (tertiary/aromatic N) is 2. The zero-order chi connectivity index (χ0) is 16.4. The van der Waals surface area contributed by atoms with Crippen LogP contribution in [0.4, 0.5) is 18.9 Å². The van der Waals surface area contributed by atoms with Gasteiger partial charge < -0.3 is 5.32 Å². The second kappa shape index (κ2) is 6.49. The van der Waals surface area contributed by atoms with Crippen LogP contribution in [0.1, 0.15) is 18.4 Å². The van der Waals surface area contributed by atoms with Gasteiger partial charge in [-0.25, -0.2) is 0 Å². The number of anilines is 1. The topological polar surface area (TPSA) is 35.6 Å². The van der Waals surface area contributed by atoms with Crippen LogP contribution in [-0.4, -0.2) is 54.5 Å². The quantitative estimate of drug-likeness (QED) is 0.926. The molecule has 1 aromatic rings. The standard InChI is InChI=1S/C16H20F3N3O/c17-16(18,19)12-3-1-4-13(9-12)20-15(23)11-21-7-8-22-6-2-5-14(22)10-21/h1,3-4,9,14H,2,5-8,10-11H2,(H,20,23). The summed E-state index contributed by atoms with van der Waals surface area (Å²) in [5.41, 5.74) is -0.570. The largest absolute Gasteiger partial charge is 0.416 e. The summed E-state index contributed by atoms with van der Waals surface area (Å²) in [4.78, 5) is 16.6. The first-order chi connectivity index (χ1) is 10.9. The summed E-state index contributed by atoms with van der Waals surface area (Å²) in [6.45, 7) is 4.00. The van der Waals surface area contributed by atoms with Crippen molar-refractivity contribution in [2.75, 3.05) is 38.0 Å². The SMILES string of the molecule is O=C(CN1CCN2CCCC2C1)Nc1cccc(C(F)(F)F)c1. The van der Waals surface area contributed by atoms with Gasteiger partial charge in [0.2, 0.25) is 5.91 Å². The highest BCUT2D eigenvalue weighted by atomic mass is 19.4. The van der Waals surface area contributed by atoms with Gasteiger partial charge in [-0.2, -0.15) is 13.2 Å². The molecule has 23 heavy (non-hydrogen) atoms. The predicted molar refractivity (Wildman–Crippen MR) is 81.1 cm³/mol. The fourth-order valence-corrected chi connectivity index (χ4v) is 3.38. The van der Waals surface area contributed by atoms with E-state index in [1.807, 2.05) is 0 Å². The molecule has 2 aliphatic heterocycles. The van der Waals surface area contributed by atoms with Crippen LogP contribution in [0.3, 0.4) is 0 Å². The minimum atomic E-state index is -4.40. The fourth-order valence-electron chi connectivity index (χ4n) is 3.38. The normalized spacial score (nSPS) is 22.8. The van der Waals surface area contributed by atoms with E-state index in [1.165, 1.54) is 18.6 Å². The van der Waals surface area contributed by atoms with E-state index in [9.17, 15) is 18.0 Å². The van der Waals surface area contributed by atoms with Crippen molar-refractivity contribution in [2.45, 2.75) is 25.1 Å². The Bertz CT molecular complexity index is 576. The van der Waals surface area contributed by atoms with Gasteiger partial charge >= 0.3 is 6.18 Å². The fraction of sp³-hybridized carbons (Fsp3) is 0.562. The molecule has 4 nitrogen and oxygen atoms in total. The molecule has 2 saturated heterocycles. The maximum Gasteiger partial charge on any atom is 0.416 e. The van der Waals surface area contributed by atoms with Crippen molar-refractivity contribution in [1.29, 1.82) is 0 Å². The van der Waals surface area contributed by atoms with Gasteiger partial charge in [0.25, 0.3) is 0 Å². The van der Waals surface area contributed by atoms with E-state index in [1.54, 1.807) is 0 Å². The minimum Gasteiger partial charge on any atom is -0.325 e. The van der Waals surface area contributed by atoms with Crippen LogP contribution in [0.25, 0.3) is 0 Å². The minimum absolute atomic E-state index is 0.185. The Balaban J connectivity index is 1.55. The summed E-state index contributed by atoms with van der Waals surface area (Å²) in [6.07, 6.45) is -2.04. The first-order valence-electron chi connectivity index (χ1n) is 7.85. The van der Waals surface area contributed by atoms with Crippen molar-refractivity contribution in [3.63, 3.8) is 0 Å². The van der Waals surface area contributed by atoms with E-state index in [4.69, 9.17) is 0 Å². The molecule has 2 fully saturated rings. The number of carbonyl (C=O) groups excluding carboxylic acids is 1. The molecular weight excluding hydrogens is 307 g/mol. The van der Waals surface area contributed by atoms with Crippen molar-refractivity contribution in [3.8, 4) is 0 Å². The number of benzene rings is 1. The monoisotopic (exact) mass is 327 g/mol. The van der Waals surface area contributed by atoms with Crippen molar-refractivity contribution in [3.05, 3.63) is 29.8 Å². The zero-order valence-electron chi connectivity index (χ0n) is 12.8. The summed E-state index contributed by atoms with van der Waals surface area (Å²) >= 11 is 0. The molecule has 1 amide bonds. The molecule has 0 aliphatic carbocycles. The van der Waals surface area contributed by atoms with Crippen LogP contribution >= 0.6 is 0 Å². The van der Waals surface area contributed by atoms with E-state index < -0.39 is 11.7 Å². The number of piperazine rings is 1. The maximum atomic E-state index is 12.7. The summed E-state index contributed by atoms with van der Waals surface area (Å²) in [5, 5.41) is 2.57. The van der Waals surface area contributed by atoms with Crippen LogP contribution in [-0.2, 0) is 11.0 Å². The van der Waals surface area contributed by atoms with E-state index in [0.29, 0.717) is 6.04 Å². The van der Waals surface area contributed by atoms with Crippen LogP contribution in [0, 0.1) is 0 Å². The Morgan fingerprint density at radius 3 is 2.87 bits per heavy atom. The van der Waals surface area contributed by atoms with Gasteiger partial charge in [0, 0.05) is 31.4 Å². The second-order valence-electron chi connectivity index (χ2n) is 6.19. The zero-order valence-corrected chi connectivity index (χ0v) is 12.8. The predicted octanol–water partition coefficient (Wildman–Crippen LogP) is 2.42. The number of amides is 1. The molecule has 0 spiro atoms. The number of alkyl halides is 3. The highest BCUT2D eigenvalue weighted by Crippen LogP contribution is 2.30. The van der Waals surface area contributed by atoms with Gasteiger partial charge in [0.1, 0.15) is 0 Å². The number of rotatable bonds is 3. The Morgan fingerprint density at radius 1 is 1.26 bits per heavy atom. The van der Waals surface area contributed by atoms with Gasteiger partial charge in [-0.1, -0.05) is 6.07 Å². The van der Waals surface area contributed by atoms with E-state index in [-0.39, 0.29) is 18.1 Å². The molecular formula is C16H20F3N3O. The average Bonchev–Trinajstić information content (AvgIpc) is 2.94. The third kappa shape index (κ3) is 4.03. The van der Waals surface area contributed by atoms with Crippen LogP contribution < -0.4 is 5.32 Å². The Kier molecular flexibility index (Phi) is 4.59. The number of nitrogens with one attached hydrogen (secondary N) is 1. The molecule has 0 saturated carbocycles. The lowest BCUT2D eigenvalue weighted by atomic mass is 10.1. The molecule has 0 aromatic heterocycles. The Hall–Kier alpha value is -1.60. The van der Waals surface area contributed by atoms with Crippen LogP contribution in [0.5, 0.6) is 0 Å². The van der Waals surface area contributed by atoms with Gasteiger partial charge in [0.05, 0.1) is 12.1 Å². The summed E-state index contributed by atoms with van der Waals surface area (Å²) in [7, 11) is 0. The average molecular weight is 327 g/mol. The van der Waals surface area contributed by atoms with Crippen LogP contribution in [0.15, 0.2) is 24.3 Å². The lowest BCUT2D eigenvalue weighted by Gasteiger charge is -2.37. The van der Waals surface area contributed by atoms with E-state index >= 15 is 0 Å². The number of hydrogen-bond acceptors (Lipinski definition) is 3. The molecule has 1 atom stereocenters. The second-order valence-corrected chi connectivity index (χ2v) is 6.19. The molecule has 3 rings (SSSR count). The summed E-state index contributed by atoms with van der Waals surface area (Å²) < 4.78 is 38.0. The van der Waals surface area contributed by atoms with Gasteiger partial charge in [-0.15, -0.1) is 0 Å². The first-order valence-corrected chi connectivity index (χ1v) is 7.85. The van der Waals surface area contributed by atoms with Crippen molar-refractivity contribution >= 4 is 11.6 Å². The molecule has 1 unspecified atom stereocenters.